The molecule has 1 unspecified atom stereocenters. The van der Waals surface area contributed by atoms with Gasteiger partial charge in [-0.2, -0.15) is 0 Å². The lowest BCUT2D eigenvalue weighted by Gasteiger charge is -2.11. The molecule has 1 saturated heterocycles. The number of nitrogens with zero attached hydrogens (tertiary/aromatic N) is 1. The summed E-state index contributed by atoms with van der Waals surface area (Å²) in [5.74, 6) is 0.667. The van der Waals surface area contributed by atoms with Gasteiger partial charge in [-0.3, -0.25) is 0 Å². The molecule has 106 valence electrons. The van der Waals surface area contributed by atoms with Crippen LogP contribution in [0.4, 0.5) is 5.82 Å². The van der Waals surface area contributed by atoms with E-state index >= 15 is 0 Å². The lowest BCUT2D eigenvalue weighted by molar-refractivity contribution is 0.114. The molecule has 0 aromatic carbocycles. The van der Waals surface area contributed by atoms with Crippen molar-refractivity contribution in [2.75, 3.05) is 25.0 Å². The second-order valence-corrected chi connectivity index (χ2v) is 6.16. The summed E-state index contributed by atoms with van der Waals surface area (Å²) < 4.78 is 32.0. The van der Waals surface area contributed by atoms with Crippen molar-refractivity contribution in [2.45, 2.75) is 30.8 Å². The largest absolute Gasteiger partial charge is 0.377 e. The van der Waals surface area contributed by atoms with Gasteiger partial charge in [0.05, 0.1) is 6.10 Å². The van der Waals surface area contributed by atoms with Crippen LogP contribution in [-0.4, -0.2) is 39.2 Å². The van der Waals surface area contributed by atoms with Crippen LogP contribution in [0, 0.1) is 0 Å². The van der Waals surface area contributed by atoms with Gasteiger partial charge in [-0.25, -0.2) is 18.1 Å². The van der Waals surface area contributed by atoms with Crippen LogP contribution in [0.15, 0.2) is 23.2 Å². The highest BCUT2D eigenvalue weighted by Gasteiger charge is 2.20. The summed E-state index contributed by atoms with van der Waals surface area (Å²) in [7, 11) is -3.50. The lowest BCUT2D eigenvalue weighted by Crippen LogP contribution is -2.31. The number of sulfonamides is 1. The van der Waals surface area contributed by atoms with Crippen LogP contribution in [0.3, 0.4) is 0 Å². The smallest absolute Gasteiger partial charge is 0.242 e. The first kappa shape index (κ1) is 14.2. The standard InChI is InChI=1S/C12H19N3O3S/c1-2-13-12-6-5-11(9-14-12)19(16,17)15-8-10-4-3-7-18-10/h5-6,9-10,15H,2-4,7-8H2,1H3,(H,13,14). The summed E-state index contributed by atoms with van der Waals surface area (Å²) in [5.41, 5.74) is 0. The third-order valence-electron chi connectivity index (χ3n) is 2.93. The summed E-state index contributed by atoms with van der Waals surface area (Å²) in [6.45, 7) is 3.73. The van der Waals surface area contributed by atoms with Crippen molar-refractivity contribution in [3.63, 3.8) is 0 Å². The molecule has 1 atom stereocenters. The fraction of sp³-hybridized carbons (Fsp3) is 0.583. The van der Waals surface area contributed by atoms with Gasteiger partial charge in [0, 0.05) is 25.9 Å². The lowest BCUT2D eigenvalue weighted by atomic mass is 10.2. The fourth-order valence-electron chi connectivity index (χ4n) is 1.92. The molecule has 1 fully saturated rings. The molecular weight excluding hydrogens is 266 g/mol. The number of hydrogen-bond acceptors (Lipinski definition) is 5. The summed E-state index contributed by atoms with van der Waals surface area (Å²) in [5, 5.41) is 3.02. The molecular formula is C12H19N3O3S. The molecule has 1 aliphatic rings. The maximum atomic E-state index is 12.0. The highest BCUT2D eigenvalue weighted by molar-refractivity contribution is 7.89. The van der Waals surface area contributed by atoms with Gasteiger partial charge in [0.25, 0.3) is 0 Å². The number of aromatic nitrogens is 1. The molecule has 2 rings (SSSR count). The molecule has 0 aliphatic carbocycles. The Bertz CT molecular complexity index is 495. The van der Waals surface area contributed by atoms with Crippen LogP contribution in [0.2, 0.25) is 0 Å². The second-order valence-electron chi connectivity index (χ2n) is 4.40. The molecule has 0 radical (unpaired) electrons. The number of ether oxygens (including phenoxy) is 1. The van der Waals surface area contributed by atoms with Gasteiger partial charge in [0.2, 0.25) is 10.0 Å². The molecule has 0 spiro atoms. The van der Waals surface area contributed by atoms with E-state index in [1.165, 1.54) is 6.20 Å². The van der Waals surface area contributed by atoms with Crippen molar-refractivity contribution in [3.05, 3.63) is 18.3 Å². The Kier molecular flexibility index (Phi) is 4.73. The van der Waals surface area contributed by atoms with Gasteiger partial charge in [-0.05, 0) is 31.9 Å². The first-order valence-corrected chi connectivity index (χ1v) is 7.91. The van der Waals surface area contributed by atoms with E-state index in [9.17, 15) is 8.42 Å². The zero-order valence-electron chi connectivity index (χ0n) is 10.9. The van der Waals surface area contributed by atoms with Crippen molar-refractivity contribution >= 4 is 15.8 Å². The zero-order chi connectivity index (χ0) is 13.7. The van der Waals surface area contributed by atoms with E-state index in [0.29, 0.717) is 19.0 Å². The predicted molar refractivity (Wildman–Crippen MR) is 72.6 cm³/mol. The molecule has 1 aromatic rings. The van der Waals surface area contributed by atoms with Gasteiger partial charge in [0.15, 0.2) is 0 Å². The van der Waals surface area contributed by atoms with Gasteiger partial charge < -0.3 is 10.1 Å². The minimum atomic E-state index is -3.50. The van der Waals surface area contributed by atoms with Crippen LogP contribution in [0.1, 0.15) is 19.8 Å². The molecule has 0 amide bonds. The second kappa shape index (κ2) is 6.31. The highest BCUT2D eigenvalue weighted by Crippen LogP contribution is 2.13. The average molecular weight is 285 g/mol. The van der Waals surface area contributed by atoms with Crippen molar-refractivity contribution < 1.29 is 13.2 Å². The summed E-state index contributed by atoms with van der Waals surface area (Å²) in [6.07, 6.45) is 3.24. The van der Waals surface area contributed by atoms with Gasteiger partial charge in [-0.1, -0.05) is 0 Å². The van der Waals surface area contributed by atoms with Crippen molar-refractivity contribution in [1.82, 2.24) is 9.71 Å². The van der Waals surface area contributed by atoms with E-state index in [1.54, 1.807) is 12.1 Å². The Hall–Kier alpha value is -1.18. The number of anilines is 1. The van der Waals surface area contributed by atoms with Gasteiger partial charge in [-0.15, -0.1) is 0 Å². The highest BCUT2D eigenvalue weighted by atomic mass is 32.2. The monoisotopic (exact) mass is 285 g/mol. The Balaban J connectivity index is 1.97. The quantitative estimate of drug-likeness (QED) is 0.814. The van der Waals surface area contributed by atoms with Crippen LogP contribution in [-0.2, 0) is 14.8 Å². The van der Waals surface area contributed by atoms with E-state index in [4.69, 9.17) is 4.74 Å². The van der Waals surface area contributed by atoms with E-state index in [1.807, 2.05) is 6.92 Å². The van der Waals surface area contributed by atoms with E-state index < -0.39 is 10.0 Å². The number of nitrogens with one attached hydrogen (secondary N) is 2. The summed E-state index contributed by atoms with van der Waals surface area (Å²) in [6, 6.07) is 3.20. The van der Waals surface area contributed by atoms with E-state index in [0.717, 1.165) is 19.4 Å². The fourth-order valence-corrected chi connectivity index (χ4v) is 2.93. The normalized spacial score (nSPS) is 19.5. The molecule has 1 aliphatic heterocycles. The Morgan fingerprint density at radius 1 is 1.47 bits per heavy atom. The van der Waals surface area contributed by atoms with Crippen molar-refractivity contribution in [2.24, 2.45) is 0 Å². The topological polar surface area (TPSA) is 80.3 Å². The third kappa shape index (κ3) is 3.89. The van der Waals surface area contributed by atoms with Gasteiger partial charge >= 0.3 is 0 Å². The predicted octanol–water partition coefficient (Wildman–Crippen LogP) is 0.971. The molecule has 7 heteroatoms. The van der Waals surface area contributed by atoms with Crippen LogP contribution < -0.4 is 10.0 Å². The minimum Gasteiger partial charge on any atom is -0.377 e. The first-order valence-electron chi connectivity index (χ1n) is 6.43. The molecule has 0 saturated carbocycles. The number of hydrogen-bond donors (Lipinski definition) is 2. The number of rotatable bonds is 6. The summed E-state index contributed by atoms with van der Waals surface area (Å²) in [4.78, 5) is 4.23. The third-order valence-corrected chi connectivity index (χ3v) is 4.34. The first-order chi connectivity index (χ1) is 9.12. The average Bonchev–Trinajstić information content (AvgIpc) is 2.91. The van der Waals surface area contributed by atoms with E-state index in [2.05, 4.69) is 15.0 Å². The van der Waals surface area contributed by atoms with Crippen molar-refractivity contribution in [3.8, 4) is 0 Å². The SMILES string of the molecule is CCNc1ccc(S(=O)(=O)NCC2CCCO2)cn1. The Labute approximate surface area is 113 Å². The minimum absolute atomic E-state index is 0.0104. The van der Waals surface area contributed by atoms with Crippen LogP contribution >= 0.6 is 0 Å². The molecule has 2 heterocycles. The van der Waals surface area contributed by atoms with Gasteiger partial charge in [0.1, 0.15) is 10.7 Å². The summed E-state index contributed by atoms with van der Waals surface area (Å²) >= 11 is 0. The number of pyridine rings is 1. The maximum absolute atomic E-state index is 12.0. The van der Waals surface area contributed by atoms with Crippen LogP contribution in [0.25, 0.3) is 0 Å². The van der Waals surface area contributed by atoms with E-state index in [-0.39, 0.29) is 11.0 Å². The molecule has 6 nitrogen and oxygen atoms in total. The Morgan fingerprint density at radius 3 is 2.89 bits per heavy atom. The molecule has 19 heavy (non-hydrogen) atoms. The Morgan fingerprint density at radius 2 is 2.32 bits per heavy atom. The molecule has 2 N–H and O–H groups in total. The maximum Gasteiger partial charge on any atom is 0.242 e. The molecule has 1 aromatic heterocycles. The van der Waals surface area contributed by atoms with Crippen LogP contribution in [0.5, 0.6) is 0 Å². The van der Waals surface area contributed by atoms with Crippen molar-refractivity contribution in [1.29, 1.82) is 0 Å². The molecule has 0 bridgehead atoms. The zero-order valence-corrected chi connectivity index (χ0v) is 11.7.